The Morgan fingerprint density at radius 1 is 0.815 bits per heavy atom. The molecular formula is C19H21Cl2N5O. The van der Waals surface area contributed by atoms with E-state index in [1.54, 1.807) is 18.2 Å². The maximum Gasteiger partial charge on any atom is 0.255 e. The molecule has 2 aliphatic rings. The summed E-state index contributed by atoms with van der Waals surface area (Å²) in [5.41, 5.74) is 0.490. The lowest BCUT2D eigenvalue weighted by Gasteiger charge is -2.35. The first-order valence-corrected chi connectivity index (χ1v) is 9.95. The van der Waals surface area contributed by atoms with Gasteiger partial charge >= 0.3 is 0 Å². The summed E-state index contributed by atoms with van der Waals surface area (Å²) in [7, 11) is 0. The quantitative estimate of drug-likeness (QED) is 0.783. The molecule has 142 valence electrons. The monoisotopic (exact) mass is 405 g/mol. The average Bonchev–Trinajstić information content (AvgIpc) is 3.23. The van der Waals surface area contributed by atoms with Crippen molar-refractivity contribution in [3.63, 3.8) is 0 Å². The van der Waals surface area contributed by atoms with Crippen LogP contribution in [0, 0.1) is 0 Å². The molecule has 2 saturated heterocycles. The largest absolute Gasteiger partial charge is 0.355 e. The van der Waals surface area contributed by atoms with Gasteiger partial charge in [0.2, 0.25) is 0 Å². The van der Waals surface area contributed by atoms with Gasteiger partial charge in [-0.2, -0.15) is 0 Å². The van der Waals surface area contributed by atoms with Gasteiger partial charge in [-0.15, -0.1) is 10.2 Å². The maximum absolute atomic E-state index is 12.7. The Hall–Kier alpha value is -2.05. The fraction of sp³-hybridized carbons (Fsp3) is 0.421. The van der Waals surface area contributed by atoms with Crippen LogP contribution >= 0.6 is 23.2 Å². The van der Waals surface area contributed by atoms with E-state index in [9.17, 15) is 4.79 Å². The Balaban J connectivity index is 1.37. The molecule has 0 radical (unpaired) electrons. The highest BCUT2D eigenvalue weighted by Gasteiger charge is 2.24. The number of anilines is 2. The Kier molecular flexibility index (Phi) is 5.36. The van der Waals surface area contributed by atoms with Crippen LogP contribution in [0.5, 0.6) is 0 Å². The van der Waals surface area contributed by atoms with Gasteiger partial charge in [0.1, 0.15) is 0 Å². The number of carbonyl (C=O) groups is 1. The minimum atomic E-state index is -0.0632. The summed E-state index contributed by atoms with van der Waals surface area (Å²) in [5, 5.41) is 9.69. The van der Waals surface area contributed by atoms with E-state index in [0.29, 0.717) is 41.8 Å². The second kappa shape index (κ2) is 7.90. The highest BCUT2D eigenvalue weighted by molar-refractivity contribution is 6.36. The van der Waals surface area contributed by atoms with Crippen LogP contribution in [0.4, 0.5) is 11.6 Å². The molecule has 1 aromatic carbocycles. The molecule has 6 nitrogen and oxygen atoms in total. The van der Waals surface area contributed by atoms with Gasteiger partial charge in [-0.25, -0.2) is 0 Å². The molecule has 0 atom stereocenters. The number of nitrogens with zero attached hydrogens (tertiary/aromatic N) is 5. The van der Waals surface area contributed by atoms with Crippen LogP contribution in [0.3, 0.4) is 0 Å². The lowest BCUT2D eigenvalue weighted by atomic mass is 10.1. The Morgan fingerprint density at radius 3 is 1.96 bits per heavy atom. The fourth-order valence-corrected chi connectivity index (χ4v) is 4.06. The Bertz CT molecular complexity index is 815. The predicted molar refractivity (Wildman–Crippen MR) is 108 cm³/mol. The molecule has 2 aliphatic heterocycles. The van der Waals surface area contributed by atoms with E-state index in [0.717, 1.165) is 24.7 Å². The van der Waals surface area contributed by atoms with Crippen LogP contribution < -0.4 is 9.80 Å². The van der Waals surface area contributed by atoms with Gasteiger partial charge in [0.25, 0.3) is 5.91 Å². The number of carbonyl (C=O) groups excluding carboxylic acids is 1. The summed E-state index contributed by atoms with van der Waals surface area (Å²) in [6.45, 7) is 4.79. The SMILES string of the molecule is O=C(c1ccc(Cl)cc1Cl)N1CCN(c2ccc(N3CCCC3)nn2)CC1. The van der Waals surface area contributed by atoms with Gasteiger partial charge in [-0.05, 0) is 43.2 Å². The normalized spacial score (nSPS) is 17.5. The smallest absolute Gasteiger partial charge is 0.255 e. The van der Waals surface area contributed by atoms with Crippen LogP contribution in [0.2, 0.25) is 10.0 Å². The zero-order valence-corrected chi connectivity index (χ0v) is 16.5. The minimum absolute atomic E-state index is 0.0632. The number of hydrogen-bond donors (Lipinski definition) is 0. The lowest BCUT2D eigenvalue weighted by molar-refractivity contribution is 0.0746. The minimum Gasteiger partial charge on any atom is -0.355 e. The molecule has 4 rings (SSSR count). The third kappa shape index (κ3) is 3.96. The maximum atomic E-state index is 12.7. The molecule has 0 unspecified atom stereocenters. The summed E-state index contributed by atoms with van der Waals surface area (Å²) in [4.78, 5) is 19.0. The fourth-order valence-electron chi connectivity index (χ4n) is 3.57. The molecule has 27 heavy (non-hydrogen) atoms. The van der Waals surface area contributed by atoms with Crippen LogP contribution in [-0.2, 0) is 0 Å². The lowest BCUT2D eigenvalue weighted by Crippen LogP contribution is -2.49. The van der Waals surface area contributed by atoms with Gasteiger partial charge in [0.15, 0.2) is 11.6 Å². The van der Waals surface area contributed by atoms with Crippen molar-refractivity contribution in [2.45, 2.75) is 12.8 Å². The van der Waals surface area contributed by atoms with Gasteiger partial charge in [0, 0.05) is 44.3 Å². The summed E-state index contributed by atoms with van der Waals surface area (Å²) in [6.07, 6.45) is 2.44. The van der Waals surface area contributed by atoms with E-state index in [1.165, 1.54) is 12.8 Å². The van der Waals surface area contributed by atoms with E-state index in [4.69, 9.17) is 23.2 Å². The van der Waals surface area contributed by atoms with E-state index in [2.05, 4.69) is 20.0 Å². The van der Waals surface area contributed by atoms with Crippen molar-refractivity contribution in [2.75, 3.05) is 49.1 Å². The van der Waals surface area contributed by atoms with Gasteiger partial charge < -0.3 is 14.7 Å². The molecule has 0 N–H and O–H groups in total. The van der Waals surface area contributed by atoms with Crippen molar-refractivity contribution in [3.8, 4) is 0 Å². The molecule has 0 saturated carbocycles. The second-order valence-corrected chi connectivity index (χ2v) is 7.69. The molecule has 2 fully saturated rings. The van der Waals surface area contributed by atoms with Gasteiger partial charge in [-0.1, -0.05) is 23.2 Å². The number of benzene rings is 1. The van der Waals surface area contributed by atoms with Crippen LogP contribution in [0.25, 0.3) is 0 Å². The third-order valence-electron chi connectivity index (χ3n) is 5.12. The molecule has 1 amide bonds. The first kappa shape index (κ1) is 18.3. The number of amides is 1. The molecular weight excluding hydrogens is 385 g/mol. The summed E-state index contributed by atoms with van der Waals surface area (Å²) < 4.78 is 0. The molecule has 2 aromatic rings. The second-order valence-electron chi connectivity index (χ2n) is 6.85. The molecule has 0 bridgehead atoms. The Labute approximate surface area is 168 Å². The first-order chi connectivity index (χ1) is 13.1. The molecule has 0 spiro atoms. The van der Waals surface area contributed by atoms with E-state index < -0.39 is 0 Å². The topological polar surface area (TPSA) is 52.6 Å². The number of halogens is 2. The van der Waals surface area contributed by atoms with Crippen molar-refractivity contribution in [3.05, 3.63) is 45.9 Å². The summed E-state index contributed by atoms with van der Waals surface area (Å²) in [5.74, 6) is 1.74. The predicted octanol–water partition coefficient (Wildman–Crippen LogP) is 3.35. The summed E-state index contributed by atoms with van der Waals surface area (Å²) >= 11 is 12.1. The number of rotatable bonds is 3. The first-order valence-electron chi connectivity index (χ1n) is 9.20. The molecule has 1 aromatic heterocycles. The number of aromatic nitrogens is 2. The molecule has 0 aliphatic carbocycles. The number of hydrogen-bond acceptors (Lipinski definition) is 5. The van der Waals surface area contributed by atoms with E-state index in [1.807, 2.05) is 17.0 Å². The third-order valence-corrected chi connectivity index (χ3v) is 5.67. The van der Waals surface area contributed by atoms with E-state index >= 15 is 0 Å². The van der Waals surface area contributed by atoms with Gasteiger partial charge in [-0.3, -0.25) is 4.79 Å². The summed E-state index contributed by atoms with van der Waals surface area (Å²) in [6, 6.07) is 9.04. The van der Waals surface area contributed by atoms with Crippen molar-refractivity contribution >= 4 is 40.7 Å². The molecule has 3 heterocycles. The van der Waals surface area contributed by atoms with Crippen LogP contribution in [-0.4, -0.2) is 60.3 Å². The Morgan fingerprint density at radius 2 is 1.41 bits per heavy atom. The van der Waals surface area contributed by atoms with Crippen LogP contribution in [0.15, 0.2) is 30.3 Å². The average molecular weight is 406 g/mol. The van der Waals surface area contributed by atoms with Crippen molar-refractivity contribution in [2.24, 2.45) is 0 Å². The van der Waals surface area contributed by atoms with Gasteiger partial charge in [0.05, 0.1) is 10.6 Å². The van der Waals surface area contributed by atoms with Crippen molar-refractivity contribution in [1.82, 2.24) is 15.1 Å². The standard InChI is InChI=1S/C19H21Cl2N5O/c20-14-3-4-15(16(21)13-14)19(27)26-11-9-25(10-12-26)18-6-5-17(22-23-18)24-7-1-2-8-24/h3-6,13H,1-2,7-12H2. The highest BCUT2D eigenvalue weighted by atomic mass is 35.5. The van der Waals surface area contributed by atoms with Crippen molar-refractivity contribution in [1.29, 1.82) is 0 Å². The number of piperazine rings is 1. The van der Waals surface area contributed by atoms with E-state index in [-0.39, 0.29) is 5.91 Å². The zero-order valence-electron chi connectivity index (χ0n) is 14.9. The zero-order chi connectivity index (χ0) is 18.8. The van der Waals surface area contributed by atoms with Crippen molar-refractivity contribution < 1.29 is 4.79 Å². The molecule has 8 heteroatoms. The highest BCUT2D eigenvalue weighted by Crippen LogP contribution is 2.24. The van der Waals surface area contributed by atoms with Crippen LogP contribution in [0.1, 0.15) is 23.2 Å².